The van der Waals surface area contributed by atoms with Crippen molar-refractivity contribution in [2.45, 2.75) is 32.3 Å². The van der Waals surface area contributed by atoms with Crippen LogP contribution in [0.15, 0.2) is 0 Å². The highest BCUT2D eigenvalue weighted by atomic mass is 35.5. The van der Waals surface area contributed by atoms with Gasteiger partial charge in [0.25, 0.3) is 0 Å². The van der Waals surface area contributed by atoms with Gasteiger partial charge < -0.3 is 10.1 Å². The van der Waals surface area contributed by atoms with E-state index in [4.69, 9.17) is 4.74 Å². The monoisotopic (exact) mass is 205 g/mol. The second-order valence-corrected chi connectivity index (χ2v) is 4.46. The van der Waals surface area contributed by atoms with E-state index in [0.717, 1.165) is 19.5 Å². The van der Waals surface area contributed by atoms with Gasteiger partial charge in [-0.1, -0.05) is 13.8 Å². The van der Waals surface area contributed by atoms with Crippen LogP contribution in [0.1, 0.15) is 26.7 Å². The van der Waals surface area contributed by atoms with Crippen LogP contribution in [0.3, 0.4) is 0 Å². The van der Waals surface area contributed by atoms with Gasteiger partial charge in [-0.2, -0.15) is 0 Å². The molecule has 4 heteroatoms. The lowest BCUT2D eigenvalue weighted by Crippen LogP contribution is -2.43. The lowest BCUT2D eigenvalue weighted by atomic mass is 9.74. The third kappa shape index (κ3) is 1.44. The summed E-state index contributed by atoms with van der Waals surface area (Å²) in [6.45, 7) is 6.03. The SMILES string of the molecule is CC1(C)CC(=O)OC12CCNC2.Cl. The van der Waals surface area contributed by atoms with E-state index < -0.39 is 0 Å². The van der Waals surface area contributed by atoms with Crippen molar-refractivity contribution in [3.05, 3.63) is 0 Å². The van der Waals surface area contributed by atoms with Gasteiger partial charge in [-0.3, -0.25) is 4.79 Å². The minimum atomic E-state index is -0.204. The van der Waals surface area contributed by atoms with Crippen LogP contribution in [0.25, 0.3) is 0 Å². The summed E-state index contributed by atoms with van der Waals surface area (Å²) in [5.41, 5.74) is -0.197. The molecule has 0 amide bonds. The van der Waals surface area contributed by atoms with Crippen LogP contribution in [0, 0.1) is 5.41 Å². The molecule has 1 unspecified atom stereocenters. The van der Waals surface area contributed by atoms with Crippen molar-refractivity contribution in [3.8, 4) is 0 Å². The minimum absolute atomic E-state index is 0. The highest BCUT2D eigenvalue weighted by molar-refractivity contribution is 5.85. The maximum Gasteiger partial charge on any atom is 0.307 e. The van der Waals surface area contributed by atoms with Crippen LogP contribution in [0.5, 0.6) is 0 Å². The van der Waals surface area contributed by atoms with Crippen molar-refractivity contribution in [1.29, 1.82) is 0 Å². The number of hydrogen-bond donors (Lipinski definition) is 1. The second-order valence-electron chi connectivity index (χ2n) is 4.46. The first-order chi connectivity index (χ1) is 5.56. The van der Waals surface area contributed by atoms with Gasteiger partial charge in [0.15, 0.2) is 0 Å². The molecule has 3 nitrogen and oxygen atoms in total. The smallest absolute Gasteiger partial charge is 0.307 e. The number of carbonyl (C=O) groups is 1. The molecule has 0 aliphatic carbocycles. The first kappa shape index (κ1) is 10.8. The standard InChI is InChI=1S/C9H15NO2.ClH/c1-8(2)5-7(11)12-9(8)3-4-10-6-9;/h10H,3-6H2,1-2H3;1H. The molecule has 2 aliphatic heterocycles. The van der Waals surface area contributed by atoms with Crippen LogP contribution < -0.4 is 5.32 Å². The van der Waals surface area contributed by atoms with E-state index in [9.17, 15) is 4.79 Å². The molecular weight excluding hydrogens is 190 g/mol. The zero-order valence-electron chi connectivity index (χ0n) is 8.05. The molecule has 76 valence electrons. The van der Waals surface area contributed by atoms with Crippen molar-refractivity contribution in [2.75, 3.05) is 13.1 Å². The number of hydrogen-bond acceptors (Lipinski definition) is 3. The molecule has 1 atom stereocenters. The zero-order valence-corrected chi connectivity index (χ0v) is 8.87. The Morgan fingerprint density at radius 3 is 2.54 bits per heavy atom. The van der Waals surface area contributed by atoms with Crippen LogP contribution in [-0.4, -0.2) is 24.7 Å². The molecule has 0 saturated carbocycles. The summed E-state index contributed by atoms with van der Waals surface area (Å²) in [7, 11) is 0. The molecule has 2 saturated heterocycles. The Bertz CT molecular complexity index is 222. The van der Waals surface area contributed by atoms with E-state index in [1.807, 2.05) is 0 Å². The van der Waals surface area contributed by atoms with E-state index >= 15 is 0 Å². The van der Waals surface area contributed by atoms with Crippen molar-refractivity contribution >= 4 is 18.4 Å². The maximum atomic E-state index is 11.2. The number of rotatable bonds is 0. The minimum Gasteiger partial charge on any atom is -0.457 e. The van der Waals surface area contributed by atoms with Crippen molar-refractivity contribution in [3.63, 3.8) is 0 Å². The Labute approximate surface area is 84.6 Å². The highest BCUT2D eigenvalue weighted by Gasteiger charge is 2.56. The predicted octanol–water partition coefficient (Wildman–Crippen LogP) is 1.11. The molecule has 1 spiro atoms. The largest absolute Gasteiger partial charge is 0.457 e. The van der Waals surface area contributed by atoms with Crippen molar-refractivity contribution in [1.82, 2.24) is 5.32 Å². The molecule has 2 aliphatic rings. The Balaban J connectivity index is 0.000000845. The summed E-state index contributed by atoms with van der Waals surface area (Å²) in [5, 5.41) is 3.25. The normalized spacial score (nSPS) is 36.0. The fraction of sp³-hybridized carbons (Fsp3) is 0.889. The van der Waals surface area contributed by atoms with Crippen LogP contribution in [0.2, 0.25) is 0 Å². The van der Waals surface area contributed by atoms with E-state index in [0.29, 0.717) is 6.42 Å². The molecule has 0 aromatic carbocycles. The second kappa shape index (κ2) is 3.14. The van der Waals surface area contributed by atoms with Crippen LogP contribution >= 0.6 is 12.4 Å². The van der Waals surface area contributed by atoms with Gasteiger partial charge in [0.05, 0.1) is 6.42 Å². The molecule has 1 N–H and O–H groups in total. The van der Waals surface area contributed by atoms with E-state index in [2.05, 4.69) is 19.2 Å². The Morgan fingerprint density at radius 1 is 1.46 bits per heavy atom. The number of halogens is 1. The van der Waals surface area contributed by atoms with Gasteiger partial charge in [0, 0.05) is 18.4 Å². The van der Waals surface area contributed by atoms with Crippen molar-refractivity contribution in [2.24, 2.45) is 5.41 Å². The lowest BCUT2D eigenvalue weighted by molar-refractivity contribution is -0.149. The Hall–Kier alpha value is -0.280. The molecule has 0 aromatic rings. The number of carbonyl (C=O) groups excluding carboxylic acids is 1. The maximum absolute atomic E-state index is 11.2. The average Bonchev–Trinajstić information content (AvgIpc) is 2.42. The van der Waals surface area contributed by atoms with E-state index in [1.54, 1.807) is 0 Å². The topological polar surface area (TPSA) is 38.3 Å². The molecule has 0 radical (unpaired) electrons. The fourth-order valence-corrected chi connectivity index (χ4v) is 2.25. The van der Waals surface area contributed by atoms with Gasteiger partial charge in [-0.15, -0.1) is 12.4 Å². The molecular formula is C9H16ClNO2. The summed E-state index contributed by atoms with van der Waals surface area (Å²) < 4.78 is 5.42. The molecule has 2 fully saturated rings. The molecule has 0 aromatic heterocycles. The summed E-state index contributed by atoms with van der Waals surface area (Å²) in [4.78, 5) is 11.2. The quantitative estimate of drug-likeness (QED) is 0.603. The summed E-state index contributed by atoms with van der Waals surface area (Å²) in [5.74, 6) is -0.0382. The Morgan fingerprint density at radius 2 is 2.15 bits per heavy atom. The third-order valence-electron chi connectivity index (χ3n) is 3.25. The van der Waals surface area contributed by atoms with E-state index in [-0.39, 0.29) is 29.4 Å². The first-order valence-corrected chi connectivity index (χ1v) is 4.48. The van der Waals surface area contributed by atoms with Crippen LogP contribution in [-0.2, 0) is 9.53 Å². The van der Waals surface area contributed by atoms with Gasteiger partial charge in [0.1, 0.15) is 5.60 Å². The highest BCUT2D eigenvalue weighted by Crippen LogP contribution is 2.46. The summed E-state index contributed by atoms with van der Waals surface area (Å²) in [6.07, 6.45) is 1.53. The third-order valence-corrected chi connectivity index (χ3v) is 3.25. The summed E-state index contributed by atoms with van der Waals surface area (Å²) >= 11 is 0. The zero-order chi connectivity index (χ0) is 8.82. The molecule has 2 heterocycles. The molecule has 13 heavy (non-hydrogen) atoms. The van der Waals surface area contributed by atoms with Gasteiger partial charge in [-0.25, -0.2) is 0 Å². The van der Waals surface area contributed by atoms with Gasteiger partial charge in [-0.05, 0) is 6.54 Å². The van der Waals surface area contributed by atoms with E-state index in [1.165, 1.54) is 0 Å². The number of nitrogens with one attached hydrogen (secondary N) is 1. The lowest BCUT2D eigenvalue weighted by Gasteiger charge is -2.34. The van der Waals surface area contributed by atoms with Crippen molar-refractivity contribution < 1.29 is 9.53 Å². The number of ether oxygens (including phenoxy) is 1. The summed E-state index contributed by atoms with van der Waals surface area (Å²) in [6, 6.07) is 0. The average molecular weight is 206 g/mol. The first-order valence-electron chi connectivity index (χ1n) is 4.48. The van der Waals surface area contributed by atoms with Gasteiger partial charge >= 0.3 is 5.97 Å². The number of esters is 1. The molecule has 0 bridgehead atoms. The van der Waals surface area contributed by atoms with Gasteiger partial charge in [0.2, 0.25) is 0 Å². The fourth-order valence-electron chi connectivity index (χ4n) is 2.25. The molecule has 2 rings (SSSR count). The Kier molecular flexibility index (Phi) is 2.61. The van der Waals surface area contributed by atoms with Crippen LogP contribution in [0.4, 0.5) is 0 Å². The predicted molar refractivity (Wildman–Crippen MR) is 52.0 cm³/mol.